The van der Waals surface area contributed by atoms with Crippen LogP contribution < -0.4 is 0 Å². The number of hydrogen-bond donors (Lipinski definition) is 1. The molecule has 0 fully saturated rings. The van der Waals surface area contributed by atoms with E-state index >= 15 is 0 Å². The van der Waals surface area contributed by atoms with Crippen LogP contribution >= 0.6 is 0 Å². The molecule has 4 heteroatoms. The van der Waals surface area contributed by atoms with Crippen LogP contribution in [0.25, 0.3) is 0 Å². The highest BCUT2D eigenvalue weighted by Crippen LogP contribution is 1.95. The summed E-state index contributed by atoms with van der Waals surface area (Å²) in [6.07, 6.45) is -0.397. The molecule has 0 aliphatic heterocycles. The molecule has 4 nitrogen and oxygen atoms in total. The molecule has 0 heterocycles. The molecule has 0 aromatic rings. The van der Waals surface area contributed by atoms with Gasteiger partial charge < -0.3 is 9.84 Å². The molecule has 1 N–H and O–H groups in total. The van der Waals surface area contributed by atoms with Gasteiger partial charge in [-0.05, 0) is 6.92 Å². The van der Waals surface area contributed by atoms with Crippen molar-refractivity contribution in [1.82, 2.24) is 0 Å². The SMILES string of the molecule is CC(CC(=O)O)OCC[O]. The number of carbonyl (C=O) groups is 1. The molecule has 0 rings (SSSR count). The van der Waals surface area contributed by atoms with Crippen LogP contribution in [0.15, 0.2) is 0 Å². The second-order valence-electron chi connectivity index (χ2n) is 1.98. The Balaban J connectivity index is 3.25. The zero-order valence-corrected chi connectivity index (χ0v) is 5.87. The Hall–Kier alpha value is -0.610. The summed E-state index contributed by atoms with van der Waals surface area (Å²) in [5, 5.41) is 18.1. The fourth-order valence-electron chi connectivity index (χ4n) is 0.554. The number of hydrogen-bond acceptors (Lipinski definition) is 2. The van der Waals surface area contributed by atoms with E-state index in [0.717, 1.165) is 0 Å². The normalized spacial score (nSPS) is 13.0. The van der Waals surface area contributed by atoms with Gasteiger partial charge in [-0.25, -0.2) is 5.11 Å². The summed E-state index contributed by atoms with van der Waals surface area (Å²) >= 11 is 0. The van der Waals surface area contributed by atoms with Gasteiger partial charge >= 0.3 is 5.97 Å². The first-order valence-electron chi connectivity index (χ1n) is 3.08. The summed E-state index contributed by atoms with van der Waals surface area (Å²) in [7, 11) is 0. The van der Waals surface area contributed by atoms with E-state index in [-0.39, 0.29) is 25.7 Å². The minimum Gasteiger partial charge on any atom is -0.481 e. The maximum atomic E-state index is 10.0. The van der Waals surface area contributed by atoms with E-state index in [1.54, 1.807) is 6.92 Å². The van der Waals surface area contributed by atoms with Crippen LogP contribution in [0.2, 0.25) is 0 Å². The Morgan fingerprint density at radius 2 is 2.30 bits per heavy atom. The number of rotatable bonds is 5. The second-order valence-corrected chi connectivity index (χ2v) is 1.98. The molecule has 0 spiro atoms. The number of carboxylic acid groups (broad SMARTS) is 1. The largest absolute Gasteiger partial charge is 0.481 e. The van der Waals surface area contributed by atoms with Gasteiger partial charge in [0, 0.05) is 0 Å². The summed E-state index contributed by atoms with van der Waals surface area (Å²) in [5.41, 5.74) is 0. The molecule has 0 saturated heterocycles. The monoisotopic (exact) mass is 147 g/mol. The molecular weight excluding hydrogens is 136 g/mol. The number of ether oxygens (including phenoxy) is 1. The van der Waals surface area contributed by atoms with E-state index in [4.69, 9.17) is 9.84 Å². The van der Waals surface area contributed by atoms with Crippen LogP contribution in [0.1, 0.15) is 13.3 Å². The molecular formula is C6H11O4. The van der Waals surface area contributed by atoms with Crippen LogP contribution in [0, 0.1) is 0 Å². The fraction of sp³-hybridized carbons (Fsp3) is 0.833. The van der Waals surface area contributed by atoms with Crippen molar-refractivity contribution in [3.8, 4) is 0 Å². The molecule has 1 unspecified atom stereocenters. The Bertz CT molecular complexity index is 102. The van der Waals surface area contributed by atoms with Gasteiger partial charge in [0.05, 0.1) is 19.1 Å². The number of carboxylic acids is 1. The van der Waals surface area contributed by atoms with Gasteiger partial charge in [-0.15, -0.1) is 0 Å². The van der Waals surface area contributed by atoms with Crippen molar-refractivity contribution in [2.45, 2.75) is 19.4 Å². The maximum absolute atomic E-state index is 10.0. The van der Waals surface area contributed by atoms with E-state index in [0.29, 0.717) is 0 Å². The van der Waals surface area contributed by atoms with Gasteiger partial charge in [0.2, 0.25) is 0 Å². The molecule has 0 aromatic heterocycles. The Morgan fingerprint density at radius 3 is 2.70 bits per heavy atom. The summed E-state index contributed by atoms with van der Waals surface area (Å²) in [5.74, 6) is -0.904. The van der Waals surface area contributed by atoms with E-state index < -0.39 is 5.97 Å². The zero-order chi connectivity index (χ0) is 7.98. The fourth-order valence-corrected chi connectivity index (χ4v) is 0.554. The highest BCUT2D eigenvalue weighted by molar-refractivity contribution is 5.67. The molecule has 0 bridgehead atoms. The van der Waals surface area contributed by atoms with Crippen LogP contribution in [0.5, 0.6) is 0 Å². The quantitative estimate of drug-likeness (QED) is 0.608. The first-order chi connectivity index (χ1) is 4.66. The average molecular weight is 147 g/mol. The molecule has 0 aliphatic carbocycles. The Kier molecular flexibility index (Phi) is 4.88. The molecule has 59 valence electrons. The van der Waals surface area contributed by atoms with Crippen LogP contribution in [-0.4, -0.2) is 30.4 Å². The van der Waals surface area contributed by atoms with Crippen LogP contribution in [0.4, 0.5) is 0 Å². The van der Waals surface area contributed by atoms with Gasteiger partial charge in [0.25, 0.3) is 0 Å². The van der Waals surface area contributed by atoms with Crippen molar-refractivity contribution in [3.05, 3.63) is 0 Å². The predicted octanol–water partition coefficient (Wildman–Crippen LogP) is 0.297. The minimum absolute atomic E-state index is 0.0417. The third-order valence-corrected chi connectivity index (χ3v) is 0.948. The van der Waals surface area contributed by atoms with Crippen molar-refractivity contribution in [2.75, 3.05) is 13.2 Å². The lowest BCUT2D eigenvalue weighted by Crippen LogP contribution is -2.15. The van der Waals surface area contributed by atoms with Crippen molar-refractivity contribution in [1.29, 1.82) is 0 Å². The minimum atomic E-state index is -0.904. The second kappa shape index (κ2) is 5.20. The van der Waals surface area contributed by atoms with Gasteiger partial charge in [-0.3, -0.25) is 4.79 Å². The van der Waals surface area contributed by atoms with Crippen molar-refractivity contribution < 1.29 is 19.7 Å². The third-order valence-electron chi connectivity index (χ3n) is 0.948. The van der Waals surface area contributed by atoms with E-state index in [9.17, 15) is 9.90 Å². The molecule has 0 aromatic carbocycles. The number of aliphatic carboxylic acids is 1. The lowest BCUT2D eigenvalue weighted by atomic mass is 10.3. The van der Waals surface area contributed by atoms with E-state index in [2.05, 4.69) is 0 Å². The molecule has 10 heavy (non-hydrogen) atoms. The van der Waals surface area contributed by atoms with Crippen LogP contribution in [-0.2, 0) is 14.6 Å². The van der Waals surface area contributed by atoms with Crippen molar-refractivity contribution in [3.63, 3.8) is 0 Å². The van der Waals surface area contributed by atoms with Crippen molar-refractivity contribution >= 4 is 5.97 Å². The van der Waals surface area contributed by atoms with Crippen molar-refractivity contribution in [2.24, 2.45) is 0 Å². The summed E-state index contributed by atoms with van der Waals surface area (Å²) in [6.45, 7) is 1.40. The molecule has 0 aliphatic rings. The van der Waals surface area contributed by atoms with Crippen LogP contribution in [0.3, 0.4) is 0 Å². The smallest absolute Gasteiger partial charge is 0.305 e. The van der Waals surface area contributed by atoms with Gasteiger partial charge in [0.1, 0.15) is 6.61 Å². The maximum Gasteiger partial charge on any atom is 0.305 e. The Morgan fingerprint density at radius 1 is 1.70 bits per heavy atom. The summed E-state index contributed by atoms with van der Waals surface area (Å²) in [6, 6.07) is 0. The molecule has 1 radical (unpaired) electrons. The van der Waals surface area contributed by atoms with Gasteiger partial charge in [-0.2, -0.15) is 0 Å². The first-order valence-corrected chi connectivity index (χ1v) is 3.08. The van der Waals surface area contributed by atoms with E-state index in [1.165, 1.54) is 0 Å². The average Bonchev–Trinajstić information content (AvgIpc) is 1.82. The standard InChI is InChI=1S/C6H11O4/c1-5(4-6(8)9)10-3-2-7/h5H,2-4H2,1H3,(H,8,9). The molecule has 0 amide bonds. The lowest BCUT2D eigenvalue weighted by Gasteiger charge is -2.07. The summed E-state index contributed by atoms with van der Waals surface area (Å²) < 4.78 is 4.81. The summed E-state index contributed by atoms with van der Waals surface area (Å²) in [4.78, 5) is 10.0. The molecule has 0 saturated carbocycles. The predicted molar refractivity (Wildman–Crippen MR) is 33.2 cm³/mol. The zero-order valence-electron chi connectivity index (χ0n) is 5.87. The topological polar surface area (TPSA) is 66.4 Å². The van der Waals surface area contributed by atoms with Gasteiger partial charge in [0.15, 0.2) is 0 Å². The van der Waals surface area contributed by atoms with E-state index in [1.807, 2.05) is 0 Å². The highest BCUT2D eigenvalue weighted by atomic mass is 16.5. The van der Waals surface area contributed by atoms with Gasteiger partial charge in [-0.1, -0.05) is 0 Å². The lowest BCUT2D eigenvalue weighted by molar-refractivity contribution is -0.140. The highest BCUT2D eigenvalue weighted by Gasteiger charge is 2.06. The first kappa shape index (κ1) is 9.39. The molecule has 1 atom stereocenters. The Labute approximate surface area is 59.4 Å². The third kappa shape index (κ3) is 5.53.